The number of methoxy groups -OCH3 is 1. The molecule has 0 radical (unpaired) electrons. The lowest BCUT2D eigenvalue weighted by Crippen LogP contribution is -2.47. The van der Waals surface area contributed by atoms with Crippen LogP contribution in [0.3, 0.4) is 0 Å². The van der Waals surface area contributed by atoms with Crippen LogP contribution in [0.1, 0.15) is 5.69 Å². The van der Waals surface area contributed by atoms with Crippen LogP contribution in [0.25, 0.3) is 5.78 Å². The van der Waals surface area contributed by atoms with Gasteiger partial charge in [-0.1, -0.05) is 6.07 Å². The van der Waals surface area contributed by atoms with Crippen molar-refractivity contribution >= 4 is 17.3 Å². The molecular formula is C17H20N6O. The molecule has 3 aromatic rings. The van der Waals surface area contributed by atoms with E-state index in [1.807, 2.05) is 23.6 Å². The zero-order valence-electron chi connectivity index (χ0n) is 13.9. The van der Waals surface area contributed by atoms with Gasteiger partial charge in [-0.15, -0.1) is 0 Å². The van der Waals surface area contributed by atoms with E-state index in [1.54, 1.807) is 13.4 Å². The Kier molecular flexibility index (Phi) is 3.68. The number of aryl methyl sites for hydroxylation is 1. The molecule has 124 valence electrons. The maximum atomic E-state index is 5.33. The van der Waals surface area contributed by atoms with Crippen LogP contribution in [-0.2, 0) is 0 Å². The third-order valence-corrected chi connectivity index (χ3v) is 4.38. The number of rotatable bonds is 3. The maximum Gasteiger partial charge on any atom is 0.254 e. The number of ether oxygens (including phenoxy) is 1. The Hall–Kier alpha value is -2.83. The number of piperazine rings is 1. The molecule has 4 rings (SSSR count). The highest BCUT2D eigenvalue weighted by Crippen LogP contribution is 2.24. The molecule has 7 heteroatoms. The van der Waals surface area contributed by atoms with Crippen molar-refractivity contribution in [2.45, 2.75) is 6.92 Å². The molecule has 7 nitrogen and oxygen atoms in total. The first-order valence-corrected chi connectivity index (χ1v) is 8.06. The van der Waals surface area contributed by atoms with Crippen LogP contribution in [0.15, 0.2) is 36.7 Å². The summed E-state index contributed by atoms with van der Waals surface area (Å²) in [6.45, 7) is 5.74. The minimum atomic E-state index is 0.653. The number of fused-ring (bicyclic) bond motifs is 1. The molecule has 0 unspecified atom stereocenters. The van der Waals surface area contributed by atoms with Crippen LogP contribution < -0.4 is 14.5 Å². The molecule has 1 aliphatic heterocycles. The summed E-state index contributed by atoms with van der Waals surface area (Å²) < 4.78 is 7.14. The van der Waals surface area contributed by atoms with E-state index >= 15 is 0 Å². The van der Waals surface area contributed by atoms with Crippen molar-refractivity contribution in [3.05, 3.63) is 42.4 Å². The zero-order chi connectivity index (χ0) is 16.5. The van der Waals surface area contributed by atoms with Crippen molar-refractivity contribution in [3.63, 3.8) is 0 Å². The second kappa shape index (κ2) is 5.99. The number of hydrogen-bond acceptors (Lipinski definition) is 6. The molecule has 0 atom stereocenters. The predicted molar refractivity (Wildman–Crippen MR) is 92.9 cm³/mol. The first-order chi connectivity index (χ1) is 11.7. The largest absolute Gasteiger partial charge is 0.497 e. The highest BCUT2D eigenvalue weighted by Gasteiger charge is 2.20. The fourth-order valence-corrected chi connectivity index (χ4v) is 3.14. The van der Waals surface area contributed by atoms with Crippen LogP contribution in [0.2, 0.25) is 0 Å². The fourth-order valence-electron chi connectivity index (χ4n) is 3.14. The number of nitrogens with zero attached hydrogens (tertiary/aromatic N) is 6. The van der Waals surface area contributed by atoms with Crippen molar-refractivity contribution in [1.29, 1.82) is 0 Å². The molecule has 0 N–H and O–H groups in total. The highest BCUT2D eigenvalue weighted by molar-refractivity contribution is 5.54. The molecule has 1 aromatic carbocycles. The van der Waals surface area contributed by atoms with Crippen LogP contribution in [0.4, 0.5) is 11.5 Å². The maximum absolute atomic E-state index is 5.33. The van der Waals surface area contributed by atoms with Gasteiger partial charge < -0.3 is 14.5 Å². The Morgan fingerprint density at radius 3 is 2.62 bits per heavy atom. The van der Waals surface area contributed by atoms with Gasteiger partial charge in [0.2, 0.25) is 0 Å². The Bertz CT molecular complexity index is 853. The Balaban J connectivity index is 1.54. The van der Waals surface area contributed by atoms with Gasteiger partial charge in [-0.25, -0.2) is 4.98 Å². The normalized spacial score (nSPS) is 15.1. The predicted octanol–water partition coefficient (Wildman–Crippen LogP) is 1.77. The number of aromatic nitrogens is 4. The summed E-state index contributed by atoms with van der Waals surface area (Å²) in [5.74, 6) is 2.60. The third kappa shape index (κ3) is 2.62. The number of benzene rings is 1. The lowest BCUT2D eigenvalue weighted by atomic mass is 10.2. The van der Waals surface area contributed by atoms with E-state index in [2.05, 4.69) is 43.1 Å². The first kappa shape index (κ1) is 14.7. The second-order valence-corrected chi connectivity index (χ2v) is 5.90. The summed E-state index contributed by atoms with van der Waals surface area (Å²) >= 11 is 0. The average molecular weight is 324 g/mol. The summed E-state index contributed by atoms with van der Waals surface area (Å²) in [6.07, 6.45) is 1.55. The lowest BCUT2D eigenvalue weighted by Gasteiger charge is -2.37. The van der Waals surface area contributed by atoms with Gasteiger partial charge in [0, 0.05) is 49.7 Å². The number of anilines is 2. The standard InChI is InChI=1S/C17H20N6O/c1-13-10-16(23-17(20-13)18-12-19-23)22-8-6-21(7-9-22)14-4-3-5-15(11-14)24-2/h3-5,10-12H,6-9H2,1-2H3. The van der Waals surface area contributed by atoms with Crippen molar-refractivity contribution < 1.29 is 4.74 Å². The van der Waals surface area contributed by atoms with Gasteiger partial charge in [-0.3, -0.25) is 0 Å². The summed E-state index contributed by atoms with van der Waals surface area (Å²) in [5, 5.41) is 4.31. The smallest absolute Gasteiger partial charge is 0.254 e. The molecule has 0 aliphatic carbocycles. The SMILES string of the molecule is COc1cccc(N2CCN(c3cc(C)nc4ncnn34)CC2)c1. The monoisotopic (exact) mass is 324 g/mol. The van der Waals surface area contributed by atoms with E-state index in [1.165, 1.54) is 5.69 Å². The van der Waals surface area contributed by atoms with E-state index in [4.69, 9.17) is 4.74 Å². The van der Waals surface area contributed by atoms with Gasteiger partial charge in [0.05, 0.1) is 7.11 Å². The Morgan fingerprint density at radius 2 is 1.83 bits per heavy atom. The third-order valence-electron chi connectivity index (χ3n) is 4.38. The molecule has 0 bridgehead atoms. The van der Waals surface area contributed by atoms with Gasteiger partial charge in [0.15, 0.2) is 0 Å². The molecule has 0 spiro atoms. The molecule has 1 saturated heterocycles. The van der Waals surface area contributed by atoms with E-state index in [-0.39, 0.29) is 0 Å². The molecule has 2 aromatic heterocycles. The molecule has 1 fully saturated rings. The lowest BCUT2D eigenvalue weighted by molar-refractivity contribution is 0.414. The van der Waals surface area contributed by atoms with Crippen LogP contribution in [0, 0.1) is 6.92 Å². The van der Waals surface area contributed by atoms with Crippen LogP contribution >= 0.6 is 0 Å². The molecule has 24 heavy (non-hydrogen) atoms. The van der Waals surface area contributed by atoms with Crippen molar-refractivity contribution in [3.8, 4) is 5.75 Å². The minimum absolute atomic E-state index is 0.653. The highest BCUT2D eigenvalue weighted by atomic mass is 16.5. The topological polar surface area (TPSA) is 58.8 Å². The van der Waals surface area contributed by atoms with E-state index in [9.17, 15) is 0 Å². The summed E-state index contributed by atoms with van der Waals surface area (Å²) in [7, 11) is 1.70. The van der Waals surface area contributed by atoms with E-state index in [0.717, 1.165) is 43.4 Å². The Morgan fingerprint density at radius 1 is 1.04 bits per heavy atom. The number of hydrogen-bond donors (Lipinski definition) is 0. The molecule has 1 aliphatic rings. The molecule has 0 amide bonds. The van der Waals surface area contributed by atoms with Gasteiger partial charge in [0.1, 0.15) is 17.9 Å². The quantitative estimate of drug-likeness (QED) is 0.732. The average Bonchev–Trinajstić information content (AvgIpc) is 3.09. The fraction of sp³-hybridized carbons (Fsp3) is 0.353. The van der Waals surface area contributed by atoms with Crippen LogP contribution in [-0.4, -0.2) is 52.9 Å². The molecule has 3 heterocycles. The minimum Gasteiger partial charge on any atom is -0.497 e. The second-order valence-electron chi connectivity index (χ2n) is 5.90. The van der Waals surface area contributed by atoms with E-state index in [0.29, 0.717) is 5.78 Å². The van der Waals surface area contributed by atoms with Crippen molar-refractivity contribution in [2.24, 2.45) is 0 Å². The van der Waals surface area contributed by atoms with Crippen LogP contribution in [0.5, 0.6) is 5.75 Å². The summed E-state index contributed by atoms with van der Waals surface area (Å²) in [6, 6.07) is 10.3. The van der Waals surface area contributed by atoms with Crippen molar-refractivity contribution in [1.82, 2.24) is 19.6 Å². The molecular weight excluding hydrogens is 304 g/mol. The first-order valence-electron chi connectivity index (χ1n) is 8.06. The Labute approximate surface area is 140 Å². The van der Waals surface area contributed by atoms with E-state index < -0.39 is 0 Å². The molecule has 0 saturated carbocycles. The summed E-state index contributed by atoms with van der Waals surface area (Å²) in [4.78, 5) is 13.3. The van der Waals surface area contributed by atoms with Gasteiger partial charge >= 0.3 is 0 Å². The van der Waals surface area contributed by atoms with Gasteiger partial charge in [0.25, 0.3) is 5.78 Å². The van der Waals surface area contributed by atoms with Crippen molar-refractivity contribution in [2.75, 3.05) is 43.1 Å². The van der Waals surface area contributed by atoms with Gasteiger partial charge in [-0.2, -0.15) is 14.6 Å². The summed E-state index contributed by atoms with van der Waals surface area (Å²) in [5.41, 5.74) is 2.16. The van der Waals surface area contributed by atoms with Gasteiger partial charge in [-0.05, 0) is 19.1 Å². The zero-order valence-corrected chi connectivity index (χ0v) is 13.9.